The molecule has 6 heteroatoms. The van der Waals surface area contributed by atoms with Gasteiger partial charge in [-0.3, -0.25) is 0 Å². The summed E-state index contributed by atoms with van der Waals surface area (Å²) in [5.41, 5.74) is 4.84. The summed E-state index contributed by atoms with van der Waals surface area (Å²) < 4.78 is 38.6. The third-order valence-electron chi connectivity index (χ3n) is 1.90. The molecule has 0 bridgehead atoms. The molecule has 0 fully saturated rings. The van der Waals surface area contributed by atoms with E-state index in [0.717, 1.165) is 0 Å². The largest absolute Gasteiger partial charge is 0.391 e. The Morgan fingerprint density at radius 2 is 1.60 bits per heavy atom. The molecular formula is C9H11ClF3NO. The molecule has 0 unspecified atom stereocenters. The molecule has 0 heterocycles. The lowest BCUT2D eigenvalue weighted by Crippen LogP contribution is -2.25. The summed E-state index contributed by atoms with van der Waals surface area (Å²) >= 11 is 0. The molecule has 0 aliphatic rings. The van der Waals surface area contributed by atoms with Gasteiger partial charge >= 0.3 is 0 Å². The van der Waals surface area contributed by atoms with Gasteiger partial charge in [0.25, 0.3) is 0 Å². The van der Waals surface area contributed by atoms with Crippen molar-refractivity contribution in [2.45, 2.75) is 19.1 Å². The van der Waals surface area contributed by atoms with Gasteiger partial charge in [0.15, 0.2) is 0 Å². The van der Waals surface area contributed by atoms with Crippen LogP contribution < -0.4 is 5.73 Å². The molecule has 0 radical (unpaired) electrons. The van der Waals surface area contributed by atoms with Crippen molar-refractivity contribution in [3.63, 3.8) is 0 Å². The minimum Gasteiger partial charge on any atom is -0.391 e. The molecule has 0 spiro atoms. The topological polar surface area (TPSA) is 46.2 Å². The average Bonchev–Trinajstić information content (AvgIpc) is 2.01. The van der Waals surface area contributed by atoms with E-state index >= 15 is 0 Å². The molecule has 0 saturated heterocycles. The van der Waals surface area contributed by atoms with Crippen LogP contribution in [-0.2, 0) is 0 Å². The zero-order valence-corrected chi connectivity index (χ0v) is 8.69. The van der Waals surface area contributed by atoms with Gasteiger partial charge in [-0.05, 0) is 6.92 Å². The fraction of sp³-hybridized carbons (Fsp3) is 0.333. The maximum Gasteiger partial charge on any atom is 0.133 e. The van der Waals surface area contributed by atoms with Crippen LogP contribution in [0.25, 0.3) is 0 Å². The van der Waals surface area contributed by atoms with Gasteiger partial charge in [0.05, 0.1) is 12.1 Å². The quantitative estimate of drug-likeness (QED) is 0.831. The second-order valence-corrected chi connectivity index (χ2v) is 3.05. The van der Waals surface area contributed by atoms with Gasteiger partial charge in [-0.25, -0.2) is 13.2 Å². The Morgan fingerprint density at radius 3 is 1.93 bits per heavy atom. The summed E-state index contributed by atoms with van der Waals surface area (Å²) in [4.78, 5) is 0. The van der Waals surface area contributed by atoms with Crippen molar-refractivity contribution in [3.8, 4) is 0 Å². The monoisotopic (exact) mass is 241 g/mol. The van der Waals surface area contributed by atoms with E-state index in [1.165, 1.54) is 6.92 Å². The molecule has 0 saturated carbocycles. The van der Waals surface area contributed by atoms with Crippen molar-refractivity contribution in [2.24, 2.45) is 5.73 Å². The van der Waals surface area contributed by atoms with E-state index in [9.17, 15) is 13.2 Å². The molecule has 1 aromatic rings. The number of aliphatic hydroxyl groups excluding tert-OH is 1. The number of nitrogens with two attached hydrogens (primary N) is 1. The predicted molar refractivity (Wildman–Crippen MR) is 52.2 cm³/mol. The Morgan fingerprint density at radius 1 is 1.20 bits per heavy atom. The lowest BCUT2D eigenvalue weighted by molar-refractivity contribution is 0.160. The summed E-state index contributed by atoms with van der Waals surface area (Å²) in [6, 6.07) is -0.142. The normalized spacial score (nSPS) is 14.3. The molecule has 2 nitrogen and oxygen atoms in total. The van der Waals surface area contributed by atoms with Gasteiger partial charge in [0.1, 0.15) is 17.5 Å². The van der Waals surface area contributed by atoms with Crippen LogP contribution in [-0.4, -0.2) is 11.2 Å². The number of benzene rings is 1. The predicted octanol–water partition coefficient (Wildman–Crippen LogP) is 1.91. The first kappa shape index (κ1) is 14.2. The van der Waals surface area contributed by atoms with Crippen molar-refractivity contribution in [1.29, 1.82) is 0 Å². The molecule has 15 heavy (non-hydrogen) atoms. The first-order chi connectivity index (χ1) is 6.43. The van der Waals surface area contributed by atoms with E-state index in [-0.39, 0.29) is 12.4 Å². The minimum atomic E-state index is -1.20. The van der Waals surface area contributed by atoms with Crippen molar-refractivity contribution >= 4 is 12.4 Å². The van der Waals surface area contributed by atoms with E-state index in [0.29, 0.717) is 12.1 Å². The zero-order valence-electron chi connectivity index (χ0n) is 7.88. The smallest absolute Gasteiger partial charge is 0.133 e. The Hall–Kier alpha value is -0.780. The van der Waals surface area contributed by atoms with Gasteiger partial charge < -0.3 is 10.8 Å². The van der Waals surface area contributed by atoms with E-state index in [1.807, 2.05) is 0 Å². The van der Waals surface area contributed by atoms with E-state index in [1.54, 1.807) is 0 Å². The second kappa shape index (κ2) is 5.34. The Kier molecular flexibility index (Phi) is 5.07. The van der Waals surface area contributed by atoms with Crippen LogP contribution in [0.15, 0.2) is 12.1 Å². The maximum absolute atomic E-state index is 13.1. The number of aliphatic hydroxyl groups is 1. The van der Waals surface area contributed by atoms with E-state index in [4.69, 9.17) is 10.8 Å². The van der Waals surface area contributed by atoms with Gasteiger partial charge in [-0.2, -0.15) is 0 Å². The van der Waals surface area contributed by atoms with Crippen LogP contribution in [0, 0.1) is 17.5 Å². The van der Waals surface area contributed by atoms with Crippen LogP contribution >= 0.6 is 12.4 Å². The standard InChI is InChI=1S/C9H10F3NO.ClH/c1-4(14)9(13)8-6(11)2-5(10)3-7(8)12;/h2-4,9,14H,13H2,1H3;1H/t4-,9-;/m1./s1. The van der Waals surface area contributed by atoms with Crippen LogP contribution in [0.2, 0.25) is 0 Å². The van der Waals surface area contributed by atoms with Gasteiger partial charge in [-0.1, -0.05) is 0 Å². The molecule has 0 aliphatic heterocycles. The van der Waals surface area contributed by atoms with Crippen LogP contribution in [0.5, 0.6) is 0 Å². The number of hydrogen-bond acceptors (Lipinski definition) is 2. The van der Waals surface area contributed by atoms with Gasteiger partial charge in [0.2, 0.25) is 0 Å². The SMILES string of the molecule is C[C@@H](O)[C@@H](N)c1c(F)cc(F)cc1F.Cl. The van der Waals surface area contributed by atoms with Crippen LogP contribution in [0.4, 0.5) is 13.2 Å². The maximum atomic E-state index is 13.1. The fourth-order valence-corrected chi connectivity index (χ4v) is 1.11. The third-order valence-corrected chi connectivity index (χ3v) is 1.90. The van der Waals surface area contributed by atoms with Crippen LogP contribution in [0.3, 0.4) is 0 Å². The molecule has 0 aromatic heterocycles. The highest BCUT2D eigenvalue weighted by Gasteiger charge is 2.21. The molecule has 0 amide bonds. The zero-order chi connectivity index (χ0) is 10.9. The van der Waals surface area contributed by atoms with Gasteiger partial charge in [-0.15, -0.1) is 12.4 Å². The lowest BCUT2D eigenvalue weighted by Gasteiger charge is -2.16. The first-order valence-electron chi connectivity index (χ1n) is 4.01. The molecule has 1 rings (SSSR count). The third kappa shape index (κ3) is 3.09. The highest BCUT2D eigenvalue weighted by atomic mass is 35.5. The molecule has 86 valence electrons. The summed E-state index contributed by atoms with van der Waals surface area (Å²) in [5, 5.41) is 9.04. The van der Waals surface area contributed by atoms with Crippen molar-refractivity contribution in [1.82, 2.24) is 0 Å². The summed E-state index contributed by atoms with van der Waals surface area (Å²) in [5.74, 6) is -3.19. The molecule has 2 atom stereocenters. The number of halogens is 4. The number of hydrogen-bond donors (Lipinski definition) is 2. The lowest BCUT2D eigenvalue weighted by atomic mass is 10.0. The summed E-state index contributed by atoms with van der Waals surface area (Å²) in [6.45, 7) is 1.30. The number of rotatable bonds is 2. The Labute approximate surface area is 91.3 Å². The van der Waals surface area contributed by atoms with E-state index in [2.05, 4.69) is 0 Å². The molecule has 0 aliphatic carbocycles. The van der Waals surface area contributed by atoms with Crippen molar-refractivity contribution in [3.05, 3.63) is 35.1 Å². The second-order valence-electron chi connectivity index (χ2n) is 3.05. The minimum absolute atomic E-state index is 0. The Balaban J connectivity index is 0.00000196. The molecule has 1 aromatic carbocycles. The van der Waals surface area contributed by atoms with Crippen molar-refractivity contribution < 1.29 is 18.3 Å². The highest BCUT2D eigenvalue weighted by Crippen LogP contribution is 2.22. The molecule has 3 N–H and O–H groups in total. The molecular weight excluding hydrogens is 231 g/mol. The van der Waals surface area contributed by atoms with Crippen LogP contribution in [0.1, 0.15) is 18.5 Å². The fourth-order valence-electron chi connectivity index (χ4n) is 1.11. The van der Waals surface area contributed by atoms with Crippen molar-refractivity contribution in [2.75, 3.05) is 0 Å². The summed E-state index contributed by atoms with van der Waals surface area (Å²) in [6.07, 6.45) is -1.11. The first-order valence-corrected chi connectivity index (χ1v) is 4.01. The van der Waals surface area contributed by atoms with E-state index < -0.39 is 35.2 Å². The van der Waals surface area contributed by atoms with Gasteiger partial charge in [0, 0.05) is 17.7 Å². The summed E-state index contributed by atoms with van der Waals surface area (Å²) in [7, 11) is 0. The highest BCUT2D eigenvalue weighted by molar-refractivity contribution is 5.85. The Bertz CT molecular complexity index is 323. The average molecular weight is 242 g/mol.